The van der Waals surface area contributed by atoms with Crippen molar-refractivity contribution in [2.45, 2.75) is 51.4 Å². The van der Waals surface area contributed by atoms with Crippen LogP contribution in [-0.4, -0.2) is 42.2 Å². The summed E-state index contributed by atoms with van der Waals surface area (Å²) in [5.41, 5.74) is -1.32. The summed E-state index contributed by atoms with van der Waals surface area (Å²) in [4.78, 5) is 23.5. The van der Waals surface area contributed by atoms with E-state index in [1.54, 1.807) is 0 Å². The van der Waals surface area contributed by atoms with Crippen LogP contribution in [0.3, 0.4) is 0 Å². The number of aldehydes is 1. The van der Waals surface area contributed by atoms with Gasteiger partial charge in [0.1, 0.15) is 11.6 Å². The Kier molecular flexibility index (Phi) is 4.87. The van der Waals surface area contributed by atoms with E-state index in [1.165, 1.54) is 7.11 Å². The van der Waals surface area contributed by atoms with Crippen molar-refractivity contribution in [1.29, 1.82) is 0 Å². The van der Waals surface area contributed by atoms with Crippen LogP contribution in [0.4, 0.5) is 0 Å². The molecule has 0 saturated carbocycles. The van der Waals surface area contributed by atoms with E-state index >= 15 is 0 Å². The van der Waals surface area contributed by atoms with Gasteiger partial charge in [-0.1, -0.05) is 27.2 Å². The molecular weight excluding hydrogens is 234 g/mol. The fourth-order valence-corrected chi connectivity index (χ4v) is 2.76. The lowest BCUT2D eigenvalue weighted by Crippen LogP contribution is -2.61. The van der Waals surface area contributed by atoms with Gasteiger partial charge in [-0.2, -0.15) is 0 Å². The molecule has 18 heavy (non-hydrogen) atoms. The number of carbonyl (C=O) groups is 2. The molecule has 1 rings (SSSR count). The minimum absolute atomic E-state index is 0.145. The molecule has 0 aromatic carbocycles. The first-order chi connectivity index (χ1) is 8.44. The van der Waals surface area contributed by atoms with E-state index in [9.17, 15) is 14.7 Å². The van der Waals surface area contributed by atoms with Crippen LogP contribution in [-0.2, 0) is 14.3 Å². The second-order valence-electron chi connectivity index (χ2n) is 5.28. The Labute approximate surface area is 108 Å². The van der Waals surface area contributed by atoms with Gasteiger partial charge in [0.2, 0.25) is 5.91 Å². The highest BCUT2D eigenvalue weighted by Crippen LogP contribution is 2.34. The molecule has 1 fully saturated rings. The minimum atomic E-state index is -1.32. The Morgan fingerprint density at radius 2 is 2.17 bits per heavy atom. The van der Waals surface area contributed by atoms with Crippen molar-refractivity contribution in [1.82, 2.24) is 5.32 Å². The maximum absolute atomic E-state index is 12.0. The summed E-state index contributed by atoms with van der Waals surface area (Å²) in [5.74, 6) is -0.734. The monoisotopic (exact) mass is 257 g/mol. The summed E-state index contributed by atoms with van der Waals surface area (Å²) in [6.45, 7) is 5.59. The molecule has 1 aliphatic rings. The van der Waals surface area contributed by atoms with E-state index in [0.717, 1.165) is 6.42 Å². The van der Waals surface area contributed by atoms with Crippen LogP contribution >= 0.6 is 0 Å². The predicted molar refractivity (Wildman–Crippen MR) is 67.0 cm³/mol. The highest BCUT2D eigenvalue weighted by atomic mass is 16.5. The fraction of sp³-hybridized carbons (Fsp3) is 0.846. The van der Waals surface area contributed by atoms with Crippen molar-refractivity contribution in [3.05, 3.63) is 0 Å². The third-order valence-corrected chi connectivity index (χ3v) is 3.68. The molecule has 0 unspecified atom stereocenters. The second kappa shape index (κ2) is 5.80. The highest BCUT2D eigenvalue weighted by molar-refractivity contribution is 5.90. The van der Waals surface area contributed by atoms with E-state index in [-0.39, 0.29) is 17.7 Å². The van der Waals surface area contributed by atoms with Gasteiger partial charge in [0.15, 0.2) is 6.29 Å². The first-order valence-corrected chi connectivity index (χ1v) is 6.43. The van der Waals surface area contributed by atoms with Crippen LogP contribution in [0.5, 0.6) is 0 Å². The third kappa shape index (κ3) is 2.29. The SMILES string of the molecule is CCC[C@H]1C(=O)N[C@](C=O)([C@@H](O)C(C)C)[C@H]1OC. The summed E-state index contributed by atoms with van der Waals surface area (Å²) in [6.07, 6.45) is 0.528. The van der Waals surface area contributed by atoms with Crippen LogP contribution in [0, 0.1) is 11.8 Å². The molecule has 5 nitrogen and oxygen atoms in total. The number of methoxy groups -OCH3 is 1. The lowest BCUT2D eigenvalue weighted by molar-refractivity contribution is -0.129. The molecule has 0 radical (unpaired) electrons. The van der Waals surface area contributed by atoms with Gasteiger partial charge in [-0.15, -0.1) is 0 Å². The normalized spacial score (nSPS) is 33.6. The predicted octanol–water partition coefficient (Wildman–Crippen LogP) is 0.502. The Bertz CT molecular complexity index is 318. The molecule has 4 atom stereocenters. The van der Waals surface area contributed by atoms with E-state index in [4.69, 9.17) is 4.74 Å². The largest absolute Gasteiger partial charge is 0.390 e. The van der Waals surface area contributed by atoms with Gasteiger partial charge < -0.3 is 20.0 Å². The molecule has 104 valence electrons. The quantitative estimate of drug-likeness (QED) is 0.680. The highest BCUT2D eigenvalue weighted by Gasteiger charge is 2.57. The topological polar surface area (TPSA) is 75.6 Å². The molecule has 1 saturated heterocycles. The average molecular weight is 257 g/mol. The Balaban J connectivity index is 3.12. The molecule has 0 aromatic rings. The van der Waals surface area contributed by atoms with E-state index in [0.29, 0.717) is 12.7 Å². The number of nitrogens with one attached hydrogen (secondary N) is 1. The van der Waals surface area contributed by atoms with Crippen LogP contribution in [0.25, 0.3) is 0 Å². The van der Waals surface area contributed by atoms with Gasteiger partial charge in [-0.25, -0.2) is 0 Å². The van der Waals surface area contributed by atoms with Crippen molar-refractivity contribution >= 4 is 12.2 Å². The maximum Gasteiger partial charge on any atom is 0.226 e. The number of aliphatic hydroxyl groups is 1. The molecule has 1 heterocycles. The summed E-state index contributed by atoms with van der Waals surface area (Å²) in [5, 5.41) is 12.9. The lowest BCUT2D eigenvalue weighted by atomic mass is 9.79. The number of carbonyl (C=O) groups excluding carboxylic acids is 2. The fourth-order valence-electron chi connectivity index (χ4n) is 2.76. The first kappa shape index (κ1) is 15.1. The number of rotatable bonds is 6. The number of amides is 1. The maximum atomic E-state index is 12.0. The number of hydrogen-bond acceptors (Lipinski definition) is 4. The van der Waals surface area contributed by atoms with Gasteiger partial charge in [-0.3, -0.25) is 4.79 Å². The van der Waals surface area contributed by atoms with Crippen LogP contribution in [0.15, 0.2) is 0 Å². The molecule has 1 aliphatic heterocycles. The number of hydrogen-bond donors (Lipinski definition) is 2. The van der Waals surface area contributed by atoms with Gasteiger partial charge in [-0.05, 0) is 12.3 Å². The Hall–Kier alpha value is -0.940. The molecule has 0 aromatic heterocycles. The average Bonchev–Trinajstić information content (AvgIpc) is 2.62. The van der Waals surface area contributed by atoms with Crippen molar-refractivity contribution in [2.24, 2.45) is 11.8 Å². The van der Waals surface area contributed by atoms with Gasteiger partial charge >= 0.3 is 0 Å². The summed E-state index contributed by atoms with van der Waals surface area (Å²) < 4.78 is 5.35. The summed E-state index contributed by atoms with van der Waals surface area (Å²) in [7, 11) is 1.47. The van der Waals surface area contributed by atoms with Crippen molar-refractivity contribution < 1.29 is 19.4 Å². The van der Waals surface area contributed by atoms with Crippen LogP contribution in [0.1, 0.15) is 33.6 Å². The van der Waals surface area contributed by atoms with E-state index in [2.05, 4.69) is 5.32 Å². The smallest absolute Gasteiger partial charge is 0.226 e. The molecule has 2 N–H and O–H groups in total. The van der Waals surface area contributed by atoms with Crippen LogP contribution in [0.2, 0.25) is 0 Å². The summed E-state index contributed by atoms with van der Waals surface area (Å²) in [6, 6.07) is 0. The molecule has 0 spiro atoms. The third-order valence-electron chi connectivity index (χ3n) is 3.68. The second-order valence-corrected chi connectivity index (χ2v) is 5.28. The number of aliphatic hydroxyl groups excluding tert-OH is 1. The Morgan fingerprint density at radius 3 is 2.56 bits per heavy atom. The van der Waals surface area contributed by atoms with Crippen molar-refractivity contribution in [3.8, 4) is 0 Å². The molecule has 0 bridgehead atoms. The summed E-state index contributed by atoms with van der Waals surface area (Å²) >= 11 is 0. The first-order valence-electron chi connectivity index (χ1n) is 6.43. The zero-order chi connectivity index (χ0) is 13.9. The molecule has 5 heteroatoms. The van der Waals surface area contributed by atoms with Gasteiger partial charge in [0.25, 0.3) is 0 Å². The molecular formula is C13H23NO4. The minimum Gasteiger partial charge on any atom is -0.390 e. The Morgan fingerprint density at radius 1 is 1.56 bits per heavy atom. The van der Waals surface area contributed by atoms with Gasteiger partial charge in [0, 0.05) is 7.11 Å². The standard InChI is InChI=1S/C13H23NO4/c1-5-6-9-11(18-4)13(7-15,14-12(9)17)10(16)8(2)3/h7-11,16H,5-6H2,1-4H3,(H,14,17)/t9-,10+,11+,13-/m1/s1. The molecule has 0 aliphatic carbocycles. The van der Waals surface area contributed by atoms with E-state index < -0.39 is 17.7 Å². The lowest BCUT2D eigenvalue weighted by Gasteiger charge is -2.36. The van der Waals surface area contributed by atoms with Gasteiger partial charge in [0.05, 0.1) is 12.0 Å². The van der Waals surface area contributed by atoms with Crippen molar-refractivity contribution in [3.63, 3.8) is 0 Å². The number of ether oxygens (including phenoxy) is 1. The zero-order valence-corrected chi connectivity index (χ0v) is 11.5. The van der Waals surface area contributed by atoms with E-state index in [1.807, 2.05) is 20.8 Å². The molecule has 1 amide bonds. The van der Waals surface area contributed by atoms with Crippen molar-refractivity contribution in [2.75, 3.05) is 7.11 Å². The zero-order valence-electron chi connectivity index (χ0n) is 11.5. The van der Waals surface area contributed by atoms with Crippen LogP contribution < -0.4 is 5.32 Å².